The smallest absolute Gasteiger partial charge is 0.333 e. The number of hydrogen-bond donors (Lipinski definition) is 3. The first-order valence-corrected chi connectivity index (χ1v) is 17.2. The van der Waals surface area contributed by atoms with Crippen LogP contribution in [0.25, 0.3) is 0 Å². The molecule has 0 spiro atoms. The number of allylic oxidation sites excluding steroid dienone is 1. The summed E-state index contributed by atoms with van der Waals surface area (Å²) in [7, 11) is 2.22. The summed E-state index contributed by atoms with van der Waals surface area (Å²) in [6, 6.07) is 6.40. The summed E-state index contributed by atoms with van der Waals surface area (Å²) in [4.78, 5) is 51.8. The van der Waals surface area contributed by atoms with Gasteiger partial charge in [0.05, 0.1) is 10.6 Å². The summed E-state index contributed by atoms with van der Waals surface area (Å²) in [6.07, 6.45) is 6.99. The van der Waals surface area contributed by atoms with E-state index < -0.39 is 35.2 Å². The Hall–Kier alpha value is -2.54. The zero-order valence-corrected chi connectivity index (χ0v) is 27.7. The molecule has 0 aliphatic carbocycles. The van der Waals surface area contributed by atoms with Crippen LogP contribution in [0.15, 0.2) is 41.0 Å². The average Bonchev–Trinajstić information content (AvgIpc) is 3.58. The molecule has 5 heterocycles. The molecule has 0 radical (unpaired) electrons. The van der Waals surface area contributed by atoms with Crippen LogP contribution in [0.4, 0.5) is 0 Å². The zero-order chi connectivity index (χ0) is 32.0. The summed E-state index contributed by atoms with van der Waals surface area (Å²) in [5.74, 6) is -5.80. The number of halogens is 2. The van der Waals surface area contributed by atoms with Gasteiger partial charge in [-0.15, -0.1) is 11.3 Å². The molecule has 1 aromatic carbocycles. The van der Waals surface area contributed by atoms with E-state index in [-0.39, 0.29) is 27.6 Å². The van der Waals surface area contributed by atoms with Crippen molar-refractivity contribution < 1.29 is 24.6 Å². The molecule has 6 rings (SSSR count). The van der Waals surface area contributed by atoms with Crippen LogP contribution in [-0.2, 0) is 20.8 Å². The molecule has 4 aliphatic heterocycles. The maximum atomic E-state index is 14.0. The highest BCUT2D eigenvalue weighted by molar-refractivity contribution is 7.09. The molecule has 6 atom stereocenters. The van der Waals surface area contributed by atoms with Crippen molar-refractivity contribution >= 4 is 52.3 Å². The lowest BCUT2D eigenvalue weighted by atomic mass is 9.67. The Balaban J connectivity index is 1.41. The number of aryl methyl sites for hydroxylation is 1. The van der Waals surface area contributed by atoms with Gasteiger partial charge in [-0.1, -0.05) is 29.3 Å². The maximum Gasteiger partial charge on any atom is 0.333 e. The van der Waals surface area contributed by atoms with Crippen molar-refractivity contribution in [3.63, 3.8) is 0 Å². The van der Waals surface area contributed by atoms with Gasteiger partial charge in [-0.25, -0.2) is 9.78 Å². The normalized spacial score (nSPS) is 31.2. The molecular formula is C32H39Cl2N5O5S. The van der Waals surface area contributed by atoms with E-state index in [4.69, 9.17) is 23.2 Å². The number of nitrogens with zero attached hydrogens (tertiary/aromatic N) is 4. The molecular weight excluding hydrogens is 637 g/mol. The molecule has 3 unspecified atom stereocenters. The number of rotatable bonds is 9. The Labute approximate surface area is 277 Å². The van der Waals surface area contributed by atoms with Crippen molar-refractivity contribution in [1.82, 2.24) is 25.0 Å². The molecule has 2 bridgehead atoms. The number of carbonyl (C=O) groups is 3. The van der Waals surface area contributed by atoms with E-state index in [9.17, 15) is 24.6 Å². The topological polar surface area (TPSA) is 126 Å². The summed E-state index contributed by atoms with van der Waals surface area (Å²) in [5, 5.41) is 27.8. The second kappa shape index (κ2) is 12.9. The number of piperidine rings is 1. The van der Waals surface area contributed by atoms with Gasteiger partial charge in [-0.3, -0.25) is 19.4 Å². The molecule has 3 fully saturated rings. The van der Waals surface area contributed by atoms with Crippen molar-refractivity contribution in [2.24, 2.45) is 5.92 Å². The van der Waals surface area contributed by atoms with Gasteiger partial charge < -0.3 is 20.4 Å². The van der Waals surface area contributed by atoms with Crippen LogP contribution in [0.3, 0.4) is 0 Å². The van der Waals surface area contributed by atoms with Crippen LogP contribution < -0.4 is 5.32 Å². The fourth-order valence-electron chi connectivity index (χ4n) is 8.40. The predicted octanol–water partition coefficient (Wildman–Crippen LogP) is 4.34. The molecule has 0 saturated carbocycles. The van der Waals surface area contributed by atoms with E-state index in [2.05, 4.69) is 27.1 Å². The zero-order valence-electron chi connectivity index (χ0n) is 25.4. The Kier molecular flexibility index (Phi) is 9.31. The van der Waals surface area contributed by atoms with Crippen molar-refractivity contribution in [2.45, 2.75) is 75.2 Å². The number of aromatic nitrogens is 1. The number of nitrogens with one attached hydrogen (secondary N) is 1. The highest BCUT2D eigenvalue weighted by Gasteiger charge is 2.61. The highest BCUT2D eigenvalue weighted by Crippen LogP contribution is 2.50. The van der Waals surface area contributed by atoms with Crippen LogP contribution in [-0.4, -0.2) is 105 Å². The molecule has 4 aliphatic rings. The van der Waals surface area contributed by atoms with Crippen molar-refractivity contribution in [2.75, 3.05) is 33.2 Å². The molecule has 10 nitrogen and oxygen atoms in total. The highest BCUT2D eigenvalue weighted by atomic mass is 35.5. The fraction of sp³-hybridized carbons (Fsp3) is 0.562. The number of benzene rings is 1. The van der Waals surface area contributed by atoms with E-state index in [0.717, 1.165) is 17.8 Å². The molecule has 2 aromatic rings. The van der Waals surface area contributed by atoms with Gasteiger partial charge in [0, 0.05) is 84.0 Å². The Morgan fingerprint density at radius 3 is 2.20 bits per heavy atom. The first kappa shape index (κ1) is 32.4. The Bertz CT molecular complexity index is 1460. The van der Waals surface area contributed by atoms with E-state index >= 15 is 0 Å². The number of fused-ring (bicyclic) bond motifs is 2. The van der Waals surface area contributed by atoms with Crippen molar-refractivity contribution in [1.29, 1.82) is 0 Å². The number of piperazine rings is 1. The lowest BCUT2D eigenvalue weighted by Crippen LogP contribution is -2.74. The fourth-order valence-corrected chi connectivity index (χ4v) is 9.66. The number of ketones is 1. The van der Waals surface area contributed by atoms with E-state index in [1.165, 1.54) is 31.1 Å². The molecule has 0 amide bonds. The van der Waals surface area contributed by atoms with Crippen LogP contribution in [0.1, 0.15) is 55.5 Å². The summed E-state index contributed by atoms with van der Waals surface area (Å²) >= 11 is 14.8. The summed E-state index contributed by atoms with van der Waals surface area (Å²) < 4.78 is 0. The number of aliphatic carboxylic acids is 2. The van der Waals surface area contributed by atoms with Gasteiger partial charge >= 0.3 is 11.9 Å². The van der Waals surface area contributed by atoms with Crippen LogP contribution in [0, 0.1) is 5.92 Å². The first-order chi connectivity index (χ1) is 21.5. The largest absolute Gasteiger partial charge is 0.481 e. The minimum atomic E-state index is -1.73. The minimum Gasteiger partial charge on any atom is -0.481 e. The SMILES string of the molecule is CC(=O)C1(N2CCN([C@@H]3C[C@H]4CC[C@@H](C3)N4C)CC2)NC(CCc2nccs2)=C(C(=O)O)C(c2c(Cl)cccc2Cl)C1C(=O)O. The number of hydrogen-bond acceptors (Lipinski definition) is 9. The Morgan fingerprint density at radius 2 is 1.67 bits per heavy atom. The van der Waals surface area contributed by atoms with Crippen LogP contribution in [0.5, 0.6) is 0 Å². The lowest BCUT2D eigenvalue weighted by molar-refractivity contribution is -0.161. The number of carbonyl (C=O) groups excluding carboxylic acids is 1. The minimum absolute atomic E-state index is 0.147. The van der Waals surface area contributed by atoms with Crippen molar-refractivity contribution in [3.8, 4) is 0 Å². The quantitative estimate of drug-likeness (QED) is 0.353. The van der Waals surface area contributed by atoms with Gasteiger partial charge in [0.2, 0.25) is 0 Å². The van der Waals surface area contributed by atoms with Gasteiger partial charge in [0.1, 0.15) is 5.92 Å². The second-order valence-corrected chi connectivity index (χ2v) is 14.5. The van der Waals surface area contributed by atoms with Gasteiger partial charge in [0.15, 0.2) is 11.4 Å². The third-order valence-electron chi connectivity index (χ3n) is 10.6. The first-order valence-electron chi connectivity index (χ1n) is 15.5. The number of Topliss-reactive ketones (excluding diaryl/α,β-unsaturated/α-hetero) is 1. The van der Waals surface area contributed by atoms with Gasteiger partial charge in [0.25, 0.3) is 0 Å². The third-order valence-corrected chi connectivity index (χ3v) is 12.1. The standard InChI is InChI=1S/C32H39Cl2N5O5S/c1-18(40)32(39-13-11-38(12-14-39)21-16-19-6-7-20(17-21)37(19)2)29(31(43)44)28(26-22(33)4-3-5-23(26)34)27(30(41)42)24(36-32)8-9-25-35-10-15-45-25/h3-5,10,15,19-21,28-29,36H,6-9,11-14,16-17H2,1-2H3,(H,41,42)(H,43,44)/t19-,20+,21-,28?,29?,32?. The molecule has 3 saturated heterocycles. The van der Waals surface area contributed by atoms with E-state index in [1.54, 1.807) is 24.4 Å². The molecule has 13 heteroatoms. The van der Waals surface area contributed by atoms with Gasteiger partial charge in [-0.05, 0) is 63.8 Å². The van der Waals surface area contributed by atoms with Crippen molar-refractivity contribution in [3.05, 3.63) is 61.7 Å². The monoisotopic (exact) mass is 675 g/mol. The molecule has 242 valence electrons. The van der Waals surface area contributed by atoms with E-state index in [0.29, 0.717) is 56.4 Å². The summed E-state index contributed by atoms with van der Waals surface area (Å²) in [5.41, 5.74) is -1.38. The summed E-state index contributed by atoms with van der Waals surface area (Å²) in [6.45, 7) is 3.64. The maximum absolute atomic E-state index is 14.0. The molecule has 1 aromatic heterocycles. The van der Waals surface area contributed by atoms with E-state index in [1.807, 2.05) is 10.3 Å². The molecule has 45 heavy (non-hydrogen) atoms. The number of thiazole rings is 1. The number of carboxylic acids is 2. The second-order valence-electron chi connectivity index (χ2n) is 12.7. The Morgan fingerprint density at radius 1 is 1.02 bits per heavy atom. The average molecular weight is 677 g/mol. The van der Waals surface area contributed by atoms with Crippen LogP contribution >= 0.6 is 34.5 Å². The number of carboxylic acid groups (broad SMARTS) is 2. The predicted molar refractivity (Wildman–Crippen MR) is 173 cm³/mol. The van der Waals surface area contributed by atoms with Gasteiger partial charge in [-0.2, -0.15) is 0 Å². The molecule has 3 N–H and O–H groups in total. The van der Waals surface area contributed by atoms with Crippen LogP contribution in [0.2, 0.25) is 10.0 Å². The lowest BCUT2D eigenvalue weighted by Gasteiger charge is -2.55. The third kappa shape index (κ3) is 5.80.